The van der Waals surface area contributed by atoms with Crippen molar-refractivity contribution >= 4 is 45.5 Å². The van der Waals surface area contributed by atoms with Crippen LogP contribution in [0.25, 0.3) is 21.8 Å². The van der Waals surface area contributed by atoms with E-state index in [0.717, 1.165) is 79.7 Å². The van der Waals surface area contributed by atoms with Crippen LogP contribution in [-0.4, -0.2) is 48.9 Å². The smallest absolute Gasteiger partial charge is 0.355 e. The molecule has 1 aromatic carbocycles. The van der Waals surface area contributed by atoms with E-state index in [1.165, 1.54) is 11.7 Å². The lowest BCUT2D eigenvalue weighted by molar-refractivity contribution is 0.0509. The average Bonchev–Trinajstić information content (AvgIpc) is 3.69. The number of rotatable bonds is 10. The van der Waals surface area contributed by atoms with E-state index < -0.39 is 0 Å². The van der Waals surface area contributed by atoms with Crippen molar-refractivity contribution in [2.75, 3.05) is 13.2 Å². The van der Waals surface area contributed by atoms with Crippen molar-refractivity contribution < 1.29 is 19.1 Å². The number of nitrogens with zero attached hydrogens (tertiary/aromatic N) is 2. The molecule has 10 heteroatoms. The first kappa shape index (κ1) is 27.6. The highest BCUT2D eigenvalue weighted by molar-refractivity contribution is 7.00. The molecule has 0 spiro atoms. The molecule has 4 heterocycles. The van der Waals surface area contributed by atoms with Crippen molar-refractivity contribution in [1.82, 2.24) is 23.7 Å². The topological polar surface area (TPSA) is 126 Å². The van der Waals surface area contributed by atoms with Gasteiger partial charge in [-0.15, -0.1) is 0 Å². The Morgan fingerprint density at radius 2 is 1.38 bits per heavy atom. The zero-order valence-electron chi connectivity index (χ0n) is 23.8. The second-order valence-corrected chi connectivity index (χ2v) is 10.4. The highest BCUT2D eigenvalue weighted by Gasteiger charge is 2.25. The number of fused-ring (bicyclic) bond motifs is 3. The zero-order chi connectivity index (χ0) is 28.6. The lowest BCUT2D eigenvalue weighted by Crippen LogP contribution is -2.07. The fraction of sp³-hybridized carbons (Fsp3) is 0.400. The van der Waals surface area contributed by atoms with Crippen molar-refractivity contribution in [2.24, 2.45) is 0 Å². The van der Waals surface area contributed by atoms with Gasteiger partial charge in [0.15, 0.2) is 0 Å². The summed E-state index contributed by atoms with van der Waals surface area (Å²) in [5.41, 5.74) is 10.6. The Morgan fingerprint density at radius 1 is 0.825 bits per heavy atom. The van der Waals surface area contributed by atoms with Gasteiger partial charge in [-0.2, -0.15) is 4.37 Å². The summed E-state index contributed by atoms with van der Waals surface area (Å²) in [7, 11) is 0. The minimum absolute atomic E-state index is 0.320. The van der Waals surface area contributed by atoms with E-state index in [9.17, 15) is 9.59 Å². The molecule has 4 aromatic heterocycles. The maximum Gasteiger partial charge on any atom is 0.355 e. The summed E-state index contributed by atoms with van der Waals surface area (Å²) in [6.07, 6.45) is 2.62. The standard InChI is InChI=1S/C30H35N5O4S/c1-7-17-15(5)26(29(36)38-9-3)32-21(17)13-23-19-11-12-20-28(35-40-34-20)25(19)24(31-23)14-22-18(8-2)16(6)27(33-22)30(37)39-10-4/h11-12,32-34H,7-10,13-14H2,1-6H3. The quantitative estimate of drug-likeness (QED) is 0.177. The number of H-pyrrole nitrogens is 3. The maximum absolute atomic E-state index is 12.6. The third-order valence-corrected chi connectivity index (χ3v) is 8.22. The van der Waals surface area contributed by atoms with Crippen molar-refractivity contribution in [1.29, 1.82) is 0 Å². The molecule has 3 N–H and O–H groups in total. The molecule has 0 radical (unpaired) electrons. The lowest BCUT2D eigenvalue weighted by Gasteiger charge is -2.02. The van der Waals surface area contributed by atoms with Gasteiger partial charge >= 0.3 is 11.9 Å². The summed E-state index contributed by atoms with van der Waals surface area (Å²) in [5.74, 6) is -0.682. The predicted molar refractivity (Wildman–Crippen MR) is 157 cm³/mol. The second-order valence-electron chi connectivity index (χ2n) is 9.84. The molecule has 210 valence electrons. The first-order chi connectivity index (χ1) is 19.3. The molecule has 0 amide bonds. The van der Waals surface area contributed by atoms with Crippen molar-refractivity contribution in [3.05, 3.63) is 68.6 Å². The Hall–Kier alpha value is -3.92. The Bertz CT molecular complexity index is 1720. The van der Waals surface area contributed by atoms with Crippen LogP contribution < -0.4 is 0 Å². The molecule has 40 heavy (non-hydrogen) atoms. The minimum Gasteiger partial charge on any atom is -0.461 e. The highest BCUT2D eigenvalue weighted by atomic mass is 32.1. The first-order valence-corrected chi connectivity index (χ1v) is 14.6. The molecular weight excluding hydrogens is 526 g/mol. The Kier molecular flexibility index (Phi) is 7.80. The average molecular weight is 562 g/mol. The molecule has 0 saturated carbocycles. The normalized spacial score (nSPS) is 11.6. The van der Waals surface area contributed by atoms with Crippen LogP contribution in [0.4, 0.5) is 0 Å². The van der Waals surface area contributed by atoms with Gasteiger partial charge in [0.2, 0.25) is 0 Å². The van der Waals surface area contributed by atoms with Gasteiger partial charge in [-0.05, 0) is 68.9 Å². The Balaban J connectivity index is 1.62. The van der Waals surface area contributed by atoms with Crippen molar-refractivity contribution in [2.45, 2.75) is 67.2 Å². The van der Waals surface area contributed by atoms with E-state index in [1.807, 2.05) is 19.9 Å². The van der Waals surface area contributed by atoms with E-state index in [2.05, 4.69) is 38.6 Å². The van der Waals surface area contributed by atoms with Crippen LogP contribution in [0.3, 0.4) is 0 Å². The number of hydrogen-bond donors (Lipinski definition) is 3. The number of carbonyl (C=O) groups excluding carboxylic acids is 2. The largest absolute Gasteiger partial charge is 0.461 e. The number of aromatic amines is 3. The SMILES string of the molecule is CCOC(=O)c1[nH]c(Cc2nc(Cc3[nH]c(C(=O)OCC)c(C)c3CC)c3c2ccc2[nH]snc23)c(CC)c1C. The van der Waals surface area contributed by atoms with Crippen LogP contribution in [0.5, 0.6) is 0 Å². The summed E-state index contributed by atoms with van der Waals surface area (Å²) < 4.78 is 18.5. The molecular formula is C30H35N5O4S. The fourth-order valence-electron chi connectivity index (χ4n) is 5.76. The zero-order valence-corrected chi connectivity index (χ0v) is 24.6. The third kappa shape index (κ3) is 4.70. The number of benzene rings is 1. The molecule has 5 aromatic rings. The van der Waals surface area contributed by atoms with Gasteiger partial charge in [0.25, 0.3) is 0 Å². The molecule has 0 bridgehead atoms. The van der Waals surface area contributed by atoms with Crippen LogP contribution in [0.15, 0.2) is 12.1 Å². The summed E-state index contributed by atoms with van der Waals surface area (Å²) in [5, 5.41) is 2.03. The lowest BCUT2D eigenvalue weighted by atomic mass is 10.0. The summed E-state index contributed by atoms with van der Waals surface area (Å²) in [6.45, 7) is 12.4. The maximum atomic E-state index is 12.6. The fourth-order valence-corrected chi connectivity index (χ4v) is 6.35. The van der Waals surface area contributed by atoms with Crippen LogP contribution in [0, 0.1) is 13.8 Å². The second kappa shape index (κ2) is 11.3. The van der Waals surface area contributed by atoms with Gasteiger partial charge in [0.05, 0.1) is 30.1 Å². The molecule has 9 nitrogen and oxygen atoms in total. The van der Waals surface area contributed by atoms with Gasteiger partial charge < -0.3 is 19.4 Å². The van der Waals surface area contributed by atoms with E-state index in [4.69, 9.17) is 14.5 Å². The Morgan fingerprint density at radius 3 is 1.90 bits per heavy atom. The molecule has 0 unspecified atom stereocenters. The van der Waals surface area contributed by atoms with E-state index >= 15 is 0 Å². The first-order valence-electron chi connectivity index (χ1n) is 13.8. The number of carbonyl (C=O) groups is 2. The monoisotopic (exact) mass is 561 g/mol. The Labute approximate surface area is 237 Å². The van der Waals surface area contributed by atoms with Crippen molar-refractivity contribution in [3.8, 4) is 0 Å². The van der Waals surface area contributed by atoms with Crippen LogP contribution in [0.2, 0.25) is 0 Å². The van der Waals surface area contributed by atoms with Gasteiger partial charge in [-0.3, -0.25) is 9.36 Å². The molecule has 0 saturated heterocycles. The van der Waals surface area contributed by atoms with E-state index in [-0.39, 0.29) is 11.9 Å². The minimum atomic E-state index is -0.343. The number of hydrogen-bond acceptors (Lipinski definition) is 7. The number of aromatic nitrogens is 5. The van der Waals surface area contributed by atoms with Gasteiger partial charge in [-0.1, -0.05) is 19.9 Å². The number of esters is 2. The summed E-state index contributed by atoms with van der Waals surface area (Å²) in [6, 6.07) is 4.13. The molecule has 0 atom stereocenters. The number of nitrogens with one attached hydrogen (secondary N) is 3. The van der Waals surface area contributed by atoms with Gasteiger partial charge in [0, 0.05) is 46.7 Å². The predicted octanol–water partition coefficient (Wildman–Crippen LogP) is 6.11. The molecule has 5 rings (SSSR count). The van der Waals surface area contributed by atoms with Crippen LogP contribution in [-0.2, 0) is 35.2 Å². The summed E-state index contributed by atoms with van der Waals surface area (Å²) >= 11 is 1.31. The molecule has 0 fully saturated rings. The summed E-state index contributed by atoms with van der Waals surface area (Å²) in [4.78, 5) is 37.1. The highest BCUT2D eigenvalue weighted by Crippen LogP contribution is 2.34. The molecule has 0 aliphatic heterocycles. The van der Waals surface area contributed by atoms with Crippen LogP contribution in [0.1, 0.15) is 93.7 Å². The van der Waals surface area contributed by atoms with Gasteiger partial charge in [0.1, 0.15) is 16.9 Å². The van der Waals surface area contributed by atoms with Crippen molar-refractivity contribution in [3.63, 3.8) is 0 Å². The molecule has 0 aliphatic carbocycles. The van der Waals surface area contributed by atoms with E-state index in [0.29, 0.717) is 37.4 Å². The number of ether oxygens (including phenoxy) is 2. The third-order valence-electron chi connectivity index (χ3n) is 7.63. The van der Waals surface area contributed by atoms with E-state index in [1.54, 1.807) is 13.8 Å². The molecule has 0 aliphatic rings. The van der Waals surface area contributed by atoms with Gasteiger partial charge in [-0.25, -0.2) is 9.59 Å². The van der Waals surface area contributed by atoms with Crippen LogP contribution >= 0.6 is 11.7 Å².